The molecule has 0 aliphatic carbocycles. The van der Waals surface area contributed by atoms with Crippen molar-refractivity contribution in [3.8, 4) is 12.3 Å². The number of terminal acetylenes is 1. The Morgan fingerprint density at radius 1 is 1.33 bits per heavy atom. The van der Waals surface area contributed by atoms with Crippen LogP contribution in [0.25, 0.3) is 0 Å². The van der Waals surface area contributed by atoms with Crippen LogP contribution in [0.2, 0.25) is 0 Å². The number of nitrogens with zero attached hydrogens (tertiary/aromatic N) is 2. The van der Waals surface area contributed by atoms with E-state index in [0.29, 0.717) is 13.0 Å². The van der Waals surface area contributed by atoms with Crippen molar-refractivity contribution in [2.24, 2.45) is 0 Å². The lowest BCUT2D eigenvalue weighted by atomic mass is 10.4. The average molecular weight is 190 g/mol. The molecule has 0 saturated carbocycles. The van der Waals surface area contributed by atoms with E-state index in [2.05, 4.69) is 5.92 Å². The van der Waals surface area contributed by atoms with Crippen molar-refractivity contribution < 1.29 is 8.42 Å². The first kappa shape index (κ1) is 11.4. The number of hydrogen-bond donors (Lipinski definition) is 0. The summed E-state index contributed by atoms with van der Waals surface area (Å²) in [5.41, 5.74) is 0. The molecule has 5 heteroatoms. The molecule has 0 radical (unpaired) electrons. The Bertz CT molecular complexity index is 264. The second kappa shape index (κ2) is 4.45. The predicted octanol–water partition coefficient (Wildman–Crippen LogP) is -0.252. The lowest BCUT2D eigenvalue weighted by molar-refractivity contribution is 0.422. The average Bonchev–Trinajstić information content (AvgIpc) is 1.99. The molecular weight excluding hydrogens is 176 g/mol. The van der Waals surface area contributed by atoms with E-state index in [1.807, 2.05) is 0 Å². The molecule has 70 valence electrons. The van der Waals surface area contributed by atoms with Crippen LogP contribution in [0.15, 0.2) is 0 Å². The molecule has 0 heterocycles. The lowest BCUT2D eigenvalue weighted by Gasteiger charge is -2.20. The molecule has 0 rings (SSSR count). The molecule has 0 saturated heterocycles. The van der Waals surface area contributed by atoms with Gasteiger partial charge in [-0.25, -0.2) is 0 Å². The summed E-state index contributed by atoms with van der Waals surface area (Å²) in [4.78, 5) is 0. The third-order valence-corrected chi connectivity index (χ3v) is 3.32. The van der Waals surface area contributed by atoms with Crippen molar-refractivity contribution >= 4 is 10.2 Å². The maximum absolute atomic E-state index is 11.3. The van der Waals surface area contributed by atoms with Gasteiger partial charge in [-0.1, -0.05) is 0 Å². The Kier molecular flexibility index (Phi) is 4.24. The molecule has 0 amide bonds. The molecule has 0 spiro atoms. The molecule has 12 heavy (non-hydrogen) atoms. The lowest BCUT2D eigenvalue weighted by Crippen LogP contribution is -2.37. The standard InChI is InChI=1S/C7H14N2O2S/c1-5-6-7-9(4)12(10,11)8(2)3/h1H,6-7H2,2-4H3. The van der Waals surface area contributed by atoms with E-state index in [1.165, 1.54) is 25.4 Å². The molecule has 0 atom stereocenters. The van der Waals surface area contributed by atoms with Crippen molar-refractivity contribution in [3.05, 3.63) is 0 Å². The van der Waals surface area contributed by atoms with Gasteiger partial charge in [0.15, 0.2) is 0 Å². The number of rotatable bonds is 4. The first-order valence-electron chi connectivity index (χ1n) is 3.50. The zero-order valence-electron chi connectivity index (χ0n) is 7.61. The Hall–Kier alpha value is -0.570. The highest BCUT2D eigenvalue weighted by Crippen LogP contribution is 2.00. The van der Waals surface area contributed by atoms with Gasteiger partial charge in [-0.05, 0) is 0 Å². The van der Waals surface area contributed by atoms with E-state index in [-0.39, 0.29) is 0 Å². The fraction of sp³-hybridized carbons (Fsp3) is 0.714. The first-order valence-corrected chi connectivity index (χ1v) is 4.90. The topological polar surface area (TPSA) is 40.6 Å². The van der Waals surface area contributed by atoms with E-state index in [4.69, 9.17) is 6.42 Å². The molecule has 0 bridgehead atoms. The fourth-order valence-electron chi connectivity index (χ4n) is 0.616. The first-order chi connectivity index (χ1) is 5.42. The van der Waals surface area contributed by atoms with Crippen LogP contribution in [0.4, 0.5) is 0 Å². The van der Waals surface area contributed by atoms with Gasteiger partial charge in [0.25, 0.3) is 10.2 Å². The summed E-state index contributed by atoms with van der Waals surface area (Å²) >= 11 is 0. The van der Waals surface area contributed by atoms with E-state index in [9.17, 15) is 8.42 Å². The Balaban J connectivity index is 4.29. The minimum Gasteiger partial charge on any atom is -0.195 e. The monoisotopic (exact) mass is 190 g/mol. The molecule has 0 aromatic carbocycles. The van der Waals surface area contributed by atoms with Crippen LogP contribution in [0.3, 0.4) is 0 Å². The van der Waals surface area contributed by atoms with Gasteiger partial charge in [-0.3, -0.25) is 0 Å². The summed E-state index contributed by atoms with van der Waals surface area (Å²) in [7, 11) is 1.20. The zero-order valence-corrected chi connectivity index (χ0v) is 8.43. The molecule has 0 aliphatic rings. The summed E-state index contributed by atoms with van der Waals surface area (Å²) in [6, 6.07) is 0. The highest BCUT2D eigenvalue weighted by Gasteiger charge is 2.18. The summed E-state index contributed by atoms with van der Waals surface area (Å²) < 4.78 is 25.0. The Morgan fingerprint density at radius 2 is 1.83 bits per heavy atom. The van der Waals surface area contributed by atoms with Crippen LogP contribution in [0, 0.1) is 12.3 Å². The van der Waals surface area contributed by atoms with Crippen molar-refractivity contribution in [2.45, 2.75) is 6.42 Å². The van der Waals surface area contributed by atoms with Gasteiger partial charge in [0, 0.05) is 34.1 Å². The molecule has 0 fully saturated rings. The van der Waals surface area contributed by atoms with Crippen LogP contribution < -0.4 is 0 Å². The summed E-state index contributed by atoms with van der Waals surface area (Å²) in [6.07, 6.45) is 5.45. The maximum Gasteiger partial charge on any atom is 0.281 e. The largest absolute Gasteiger partial charge is 0.281 e. The van der Waals surface area contributed by atoms with Gasteiger partial charge in [0.1, 0.15) is 0 Å². The van der Waals surface area contributed by atoms with E-state index >= 15 is 0 Å². The zero-order chi connectivity index (χ0) is 9.78. The Labute approximate surface area is 74.3 Å². The summed E-state index contributed by atoms with van der Waals surface area (Å²) in [6.45, 7) is 0.358. The third-order valence-electron chi connectivity index (χ3n) is 1.43. The molecule has 0 aliphatic heterocycles. The highest BCUT2D eigenvalue weighted by atomic mass is 32.2. The van der Waals surface area contributed by atoms with Gasteiger partial charge >= 0.3 is 0 Å². The molecule has 0 N–H and O–H groups in total. The summed E-state index contributed by atoms with van der Waals surface area (Å²) in [5, 5.41) is 0. The highest BCUT2D eigenvalue weighted by molar-refractivity contribution is 7.86. The molecule has 0 aromatic rings. The van der Waals surface area contributed by atoms with Gasteiger partial charge in [0.05, 0.1) is 0 Å². The van der Waals surface area contributed by atoms with Crippen LogP contribution in [0.1, 0.15) is 6.42 Å². The third kappa shape index (κ3) is 2.81. The van der Waals surface area contributed by atoms with Crippen LogP contribution in [-0.4, -0.2) is 44.7 Å². The van der Waals surface area contributed by atoms with Crippen LogP contribution in [0.5, 0.6) is 0 Å². The van der Waals surface area contributed by atoms with Gasteiger partial charge in [0.2, 0.25) is 0 Å². The van der Waals surface area contributed by atoms with Gasteiger partial charge in [-0.2, -0.15) is 17.0 Å². The van der Waals surface area contributed by atoms with Crippen molar-refractivity contribution in [2.75, 3.05) is 27.7 Å². The SMILES string of the molecule is C#CCCN(C)S(=O)(=O)N(C)C. The second-order valence-corrected chi connectivity index (χ2v) is 4.82. The molecule has 0 aromatic heterocycles. The fourth-order valence-corrected chi connectivity index (χ4v) is 1.50. The van der Waals surface area contributed by atoms with E-state index in [0.717, 1.165) is 4.31 Å². The number of hydrogen-bond acceptors (Lipinski definition) is 2. The van der Waals surface area contributed by atoms with Crippen molar-refractivity contribution in [3.63, 3.8) is 0 Å². The van der Waals surface area contributed by atoms with E-state index in [1.54, 1.807) is 0 Å². The van der Waals surface area contributed by atoms with Crippen LogP contribution in [-0.2, 0) is 10.2 Å². The molecule has 0 unspecified atom stereocenters. The van der Waals surface area contributed by atoms with Gasteiger partial charge < -0.3 is 0 Å². The van der Waals surface area contributed by atoms with Crippen LogP contribution >= 0.6 is 0 Å². The summed E-state index contributed by atoms with van der Waals surface area (Å²) in [5.74, 6) is 2.38. The molecular formula is C7H14N2O2S. The minimum absolute atomic E-state index is 0.358. The Morgan fingerprint density at radius 3 is 2.17 bits per heavy atom. The maximum atomic E-state index is 11.3. The van der Waals surface area contributed by atoms with Crippen molar-refractivity contribution in [1.29, 1.82) is 0 Å². The van der Waals surface area contributed by atoms with E-state index < -0.39 is 10.2 Å². The quantitative estimate of drug-likeness (QED) is 0.573. The van der Waals surface area contributed by atoms with Crippen molar-refractivity contribution in [1.82, 2.24) is 8.61 Å². The van der Waals surface area contributed by atoms with Gasteiger partial charge in [-0.15, -0.1) is 12.3 Å². The normalized spacial score (nSPS) is 12.0. The molecule has 4 nitrogen and oxygen atoms in total. The predicted molar refractivity (Wildman–Crippen MR) is 48.7 cm³/mol. The smallest absolute Gasteiger partial charge is 0.195 e. The minimum atomic E-state index is -3.28. The second-order valence-electron chi connectivity index (χ2n) is 2.57.